The number of rotatable bonds is 9. The van der Waals surface area contributed by atoms with Crippen molar-refractivity contribution in [2.75, 3.05) is 29.1 Å². The van der Waals surface area contributed by atoms with E-state index in [0.717, 1.165) is 28.2 Å². The Bertz CT molecular complexity index is 1290. The molecule has 2 heterocycles. The smallest absolute Gasteiger partial charge is 0.247 e. The molecule has 4 aromatic rings. The number of aromatic amines is 1. The number of hydrogen-bond acceptors (Lipinski definition) is 7. The molecule has 0 saturated carbocycles. The second-order valence-corrected chi connectivity index (χ2v) is 7.83. The van der Waals surface area contributed by atoms with Crippen LogP contribution in [-0.4, -0.2) is 30.0 Å². The number of nitrogens with one attached hydrogen (secondary N) is 3. The van der Waals surface area contributed by atoms with E-state index in [1.807, 2.05) is 78.2 Å². The van der Waals surface area contributed by atoms with Gasteiger partial charge in [0.2, 0.25) is 5.91 Å². The average molecular weight is 496 g/mol. The van der Waals surface area contributed by atoms with E-state index in [0.29, 0.717) is 17.3 Å². The molecule has 8 nitrogen and oxygen atoms in total. The number of pyridine rings is 1. The first-order valence-electron chi connectivity index (χ1n) is 10.1. The Morgan fingerprint density at radius 3 is 2.65 bits per heavy atom. The number of fused-ring (bicyclic) bond motifs is 1. The van der Waals surface area contributed by atoms with E-state index in [1.54, 1.807) is 7.11 Å². The van der Waals surface area contributed by atoms with Crippen LogP contribution in [0.1, 0.15) is 0 Å². The second kappa shape index (κ2) is 11.4. The summed E-state index contributed by atoms with van der Waals surface area (Å²) in [5, 5.41) is 6.98. The van der Waals surface area contributed by atoms with E-state index in [9.17, 15) is 4.79 Å². The Morgan fingerprint density at radius 1 is 1.12 bits per heavy atom. The molecule has 34 heavy (non-hydrogen) atoms. The van der Waals surface area contributed by atoms with Crippen LogP contribution in [0.2, 0.25) is 0 Å². The van der Waals surface area contributed by atoms with Crippen molar-refractivity contribution in [1.82, 2.24) is 9.97 Å². The molecule has 0 radical (unpaired) electrons. The number of nitrogens with zero attached hydrogens (tertiary/aromatic N) is 2. The second-order valence-electron chi connectivity index (χ2n) is 6.96. The molecular formula is C24H25N5O3S2. The fourth-order valence-corrected chi connectivity index (χ4v) is 3.67. The van der Waals surface area contributed by atoms with Crippen LogP contribution in [0.3, 0.4) is 0 Å². The van der Waals surface area contributed by atoms with Crippen LogP contribution in [-0.2, 0) is 4.79 Å². The van der Waals surface area contributed by atoms with Gasteiger partial charge in [0.15, 0.2) is 12.2 Å². The number of carbonyl (C=O) groups excluding carboxylic acids is 1. The third-order valence-electron chi connectivity index (χ3n) is 4.78. The molecule has 4 rings (SSSR count). The van der Waals surface area contributed by atoms with Gasteiger partial charge in [-0.25, -0.2) is 4.98 Å². The largest absolute Gasteiger partial charge is 0.497 e. The van der Waals surface area contributed by atoms with E-state index in [-0.39, 0.29) is 19.4 Å². The van der Waals surface area contributed by atoms with Crippen LogP contribution in [0.4, 0.5) is 22.9 Å². The van der Waals surface area contributed by atoms with Crippen LogP contribution < -0.4 is 23.9 Å². The lowest BCUT2D eigenvalue weighted by Gasteiger charge is -2.16. The van der Waals surface area contributed by atoms with Crippen molar-refractivity contribution in [1.29, 1.82) is 0 Å². The lowest BCUT2D eigenvalue weighted by molar-refractivity contribution is -0.111. The molecule has 0 spiro atoms. The first kappa shape index (κ1) is 24.9. The summed E-state index contributed by atoms with van der Waals surface area (Å²) in [6, 6.07) is 18.7. The van der Waals surface area contributed by atoms with Gasteiger partial charge in [-0.3, -0.25) is 9.10 Å². The highest BCUT2D eigenvalue weighted by Gasteiger charge is 2.13. The average Bonchev–Trinajstić information content (AvgIpc) is 3.27. The summed E-state index contributed by atoms with van der Waals surface area (Å²) in [5.41, 5.74) is 3.01. The van der Waals surface area contributed by atoms with Gasteiger partial charge >= 0.3 is 0 Å². The Kier molecular flexibility index (Phi) is 8.34. The highest BCUT2D eigenvalue weighted by atomic mass is 32.2. The molecular weight excluding hydrogens is 470 g/mol. The van der Waals surface area contributed by atoms with Crippen molar-refractivity contribution in [3.05, 3.63) is 79.5 Å². The van der Waals surface area contributed by atoms with Crippen LogP contribution in [0, 0.1) is 0 Å². The van der Waals surface area contributed by atoms with Gasteiger partial charge in [-0.1, -0.05) is 24.8 Å². The normalized spacial score (nSPS) is 10.2. The molecule has 0 fully saturated rings. The summed E-state index contributed by atoms with van der Waals surface area (Å²) in [4.78, 5) is 19.6. The number of aromatic nitrogens is 2. The molecule has 2 aromatic heterocycles. The predicted octanol–water partition coefficient (Wildman–Crippen LogP) is 5.63. The topological polar surface area (TPSA) is 91.5 Å². The van der Waals surface area contributed by atoms with Crippen LogP contribution in [0.25, 0.3) is 11.0 Å². The summed E-state index contributed by atoms with van der Waals surface area (Å²) >= 11 is 1.20. The van der Waals surface area contributed by atoms with Gasteiger partial charge in [-0.15, -0.1) is 0 Å². The highest BCUT2D eigenvalue weighted by Crippen LogP contribution is 2.32. The van der Waals surface area contributed by atoms with Crippen LogP contribution in [0.15, 0.2) is 79.5 Å². The minimum absolute atomic E-state index is 0. The molecule has 0 aliphatic heterocycles. The number of amides is 1. The van der Waals surface area contributed by atoms with Gasteiger partial charge in [0.25, 0.3) is 0 Å². The molecule has 176 valence electrons. The van der Waals surface area contributed by atoms with E-state index in [1.165, 1.54) is 18.3 Å². The maximum Gasteiger partial charge on any atom is 0.247 e. The quantitative estimate of drug-likeness (QED) is 0.157. The fraction of sp³-hybridized carbons (Fsp3) is 0.0833. The van der Waals surface area contributed by atoms with E-state index < -0.39 is 0 Å². The SMILES string of the molecule is C=CC(=O)Nc1ccccc1Nc1ccc2c(N(C)SOc3cccc(OC)c3)c[nH]c2n1.S. The Hall–Kier alpha value is -3.76. The molecule has 0 unspecified atom stereocenters. The summed E-state index contributed by atoms with van der Waals surface area (Å²) in [6.45, 7) is 3.49. The molecule has 0 aliphatic rings. The monoisotopic (exact) mass is 495 g/mol. The van der Waals surface area contributed by atoms with Gasteiger partial charge < -0.3 is 24.5 Å². The lowest BCUT2D eigenvalue weighted by Crippen LogP contribution is -2.09. The zero-order chi connectivity index (χ0) is 23.2. The Morgan fingerprint density at radius 2 is 1.88 bits per heavy atom. The maximum absolute atomic E-state index is 11.7. The minimum Gasteiger partial charge on any atom is -0.497 e. The molecule has 3 N–H and O–H groups in total. The van der Waals surface area contributed by atoms with Crippen molar-refractivity contribution in [3.63, 3.8) is 0 Å². The first-order chi connectivity index (χ1) is 16.1. The van der Waals surface area contributed by atoms with Gasteiger partial charge in [0.05, 0.1) is 24.2 Å². The van der Waals surface area contributed by atoms with Crippen LogP contribution in [0.5, 0.6) is 11.5 Å². The highest BCUT2D eigenvalue weighted by molar-refractivity contribution is 7.96. The summed E-state index contributed by atoms with van der Waals surface area (Å²) in [7, 11) is 3.54. The van der Waals surface area contributed by atoms with E-state index in [4.69, 9.17) is 8.92 Å². The Labute approximate surface area is 209 Å². The number of benzene rings is 2. The molecule has 0 aliphatic carbocycles. The summed E-state index contributed by atoms with van der Waals surface area (Å²) in [5.74, 6) is 1.79. The van der Waals surface area contributed by atoms with Gasteiger partial charge in [0, 0.05) is 24.7 Å². The standard InChI is InChI=1S/C24H23N5O3S.H2S/c1-4-23(30)27-20-11-6-5-10-19(20)26-22-13-12-18-21(15-25-24(18)28-22)29(2)33-32-17-9-7-8-16(14-17)31-3;/h4-15H,1H2,2-3H3,(H,27,30)(H2,25,26,28);1H2. The Balaban J connectivity index is 0.00000324. The van der Waals surface area contributed by atoms with Crippen molar-refractivity contribution in [3.8, 4) is 11.5 Å². The third-order valence-corrected chi connectivity index (χ3v) is 5.46. The van der Waals surface area contributed by atoms with Crippen molar-refractivity contribution in [2.24, 2.45) is 0 Å². The van der Waals surface area contributed by atoms with Crippen LogP contribution >= 0.6 is 25.7 Å². The number of methoxy groups -OCH3 is 1. The zero-order valence-electron chi connectivity index (χ0n) is 18.7. The molecule has 0 atom stereocenters. The zero-order valence-corrected chi connectivity index (χ0v) is 20.5. The third kappa shape index (κ3) is 5.77. The van der Waals surface area contributed by atoms with E-state index in [2.05, 4.69) is 27.2 Å². The molecule has 0 saturated heterocycles. The van der Waals surface area contributed by atoms with Gasteiger partial charge in [0.1, 0.15) is 23.0 Å². The molecule has 0 bridgehead atoms. The molecule has 10 heteroatoms. The number of ether oxygens (including phenoxy) is 1. The molecule has 2 aromatic carbocycles. The summed E-state index contributed by atoms with van der Waals surface area (Å²) in [6.07, 6.45) is 3.11. The number of carbonyl (C=O) groups is 1. The number of H-pyrrole nitrogens is 1. The van der Waals surface area contributed by atoms with E-state index >= 15 is 0 Å². The van der Waals surface area contributed by atoms with Crippen molar-refractivity contribution >= 4 is 65.5 Å². The van der Waals surface area contributed by atoms with Crippen molar-refractivity contribution in [2.45, 2.75) is 0 Å². The minimum atomic E-state index is -0.279. The van der Waals surface area contributed by atoms with Crippen molar-refractivity contribution < 1.29 is 13.7 Å². The van der Waals surface area contributed by atoms with Gasteiger partial charge in [-0.05, 0) is 42.5 Å². The number of hydrogen-bond donors (Lipinski definition) is 3. The fourth-order valence-electron chi connectivity index (χ4n) is 3.14. The number of anilines is 4. The first-order valence-corrected chi connectivity index (χ1v) is 10.8. The lowest BCUT2D eigenvalue weighted by atomic mass is 10.2. The maximum atomic E-state index is 11.7. The number of para-hydroxylation sites is 2. The molecule has 1 amide bonds. The predicted molar refractivity (Wildman–Crippen MR) is 145 cm³/mol. The van der Waals surface area contributed by atoms with Gasteiger partial charge in [-0.2, -0.15) is 13.5 Å². The summed E-state index contributed by atoms with van der Waals surface area (Å²) < 4.78 is 13.0.